The quantitative estimate of drug-likeness (QED) is 0.676. The van der Waals surface area contributed by atoms with Crippen LogP contribution < -0.4 is 0 Å². The van der Waals surface area contributed by atoms with Gasteiger partial charge in [0.15, 0.2) is 5.12 Å². The SMILES string of the molecule is CC1C=CC(SC(=O)C2CCC(C)CC2)CC1. The van der Waals surface area contributed by atoms with Crippen LogP contribution in [-0.2, 0) is 4.79 Å². The van der Waals surface area contributed by atoms with Crippen molar-refractivity contribution in [1.82, 2.24) is 0 Å². The Balaban J connectivity index is 1.79. The van der Waals surface area contributed by atoms with Crippen LogP contribution in [-0.4, -0.2) is 10.4 Å². The molecule has 0 saturated heterocycles. The van der Waals surface area contributed by atoms with E-state index in [1.54, 1.807) is 11.8 Å². The zero-order valence-electron chi connectivity index (χ0n) is 11.0. The van der Waals surface area contributed by atoms with Gasteiger partial charge in [0.2, 0.25) is 0 Å². The molecule has 2 unspecified atom stereocenters. The van der Waals surface area contributed by atoms with E-state index in [-0.39, 0.29) is 0 Å². The van der Waals surface area contributed by atoms with Crippen LogP contribution in [0, 0.1) is 17.8 Å². The van der Waals surface area contributed by atoms with Gasteiger partial charge in [-0.05, 0) is 50.4 Å². The molecule has 2 aliphatic carbocycles. The summed E-state index contributed by atoms with van der Waals surface area (Å²) in [6.07, 6.45) is 11.7. The topological polar surface area (TPSA) is 17.1 Å². The maximum absolute atomic E-state index is 12.2. The van der Waals surface area contributed by atoms with E-state index in [1.807, 2.05) is 0 Å². The van der Waals surface area contributed by atoms with Crippen LogP contribution in [0.4, 0.5) is 0 Å². The predicted octanol–water partition coefficient (Wildman–Crippen LogP) is 4.43. The van der Waals surface area contributed by atoms with E-state index >= 15 is 0 Å². The number of thioether (sulfide) groups is 1. The minimum Gasteiger partial charge on any atom is -0.287 e. The maximum atomic E-state index is 12.2. The predicted molar refractivity (Wildman–Crippen MR) is 75.0 cm³/mol. The first-order valence-electron chi connectivity index (χ1n) is 7.04. The van der Waals surface area contributed by atoms with E-state index in [9.17, 15) is 4.79 Å². The molecule has 0 N–H and O–H groups in total. The van der Waals surface area contributed by atoms with E-state index < -0.39 is 0 Å². The van der Waals surface area contributed by atoms with E-state index in [1.165, 1.54) is 25.7 Å². The normalized spacial score (nSPS) is 38.0. The van der Waals surface area contributed by atoms with Crippen LogP contribution in [0.2, 0.25) is 0 Å². The van der Waals surface area contributed by atoms with Crippen LogP contribution in [0.25, 0.3) is 0 Å². The van der Waals surface area contributed by atoms with Crippen LogP contribution >= 0.6 is 11.8 Å². The molecule has 1 nitrogen and oxygen atoms in total. The lowest BCUT2D eigenvalue weighted by Crippen LogP contribution is -2.21. The fourth-order valence-electron chi connectivity index (χ4n) is 2.77. The minimum absolute atomic E-state index is 0.351. The van der Waals surface area contributed by atoms with Crippen LogP contribution in [0.5, 0.6) is 0 Å². The molecule has 0 heterocycles. The summed E-state index contributed by atoms with van der Waals surface area (Å²) < 4.78 is 0. The fraction of sp³-hybridized carbons (Fsp3) is 0.800. The van der Waals surface area contributed by atoms with Gasteiger partial charge in [-0.15, -0.1) is 0 Å². The smallest absolute Gasteiger partial charge is 0.192 e. The number of carbonyl (C=O) groups excluding carboxylic acids is 1. The minimum atomic E-state index is 0.351. The molecule has 0 amide bonds. The Morgan fingerprint density at radius 1 is 1.00 bits per heavy atom. The van der Waals surface area contributed by atoms with E-state index in [4.69, 9.17) is 0 Å². The molecule has 1 saturated carbocycles. The van der Waals surface area contributed by atoms with Gasteiger partial charge in [0, 0.05) is 11.2 Å². The largest absolute Gasteiger partial charge is 0.287 e. The number of hydrogen-bond donors (Lipinski definition) is 0. The lowest BCUT2D eigenvalue weighted by atomic mass is 9.84. The van der Waals surface area contributed by atoms with Crippen molar-refractivity contribution in [2.24, 2.45) is 17.8 Å². The van der Waals surface area contributed by atoms with Crippen LogP contribution in [0.15, 0.2) is 12.2 Å². The zero-order chi connectivity index (χ0) is 12.3. The summed E-state index contributed by atoms with van der Waals surface area (Å²) in [7, 11) is 0. The Morgan fingerprint density at radius 3 is 2.29 bits per heavy atom. The molecule has 0 aromatic rings. The molecule has 0 aromatic carbocycles. The third kappa shape index (κ3) is 3.87. The van der Waals surface area contributed by atoms with Gasteiger partial charge in [-0.25, -0.2) is 0 Å². The lowest BCUT2D eigenvalue weighted by molar-refractivity contribution is -0.115. The molecule has 2 aliphatic rings. The van der Waals surface area contributed by atoms with Gasteiger partial charge in [-0.3, -0.25) is 4.79 Å². The van der Waals surface area contributed by atoms with Gasteiger partial charge in [0.05, 0.1) is 0 Å². The Hall–Kier alpha value is -0.240. The second-order valence-corrected chi connectivity index (χ2v) is 7.12. The maximum Gasteiger partial charge on any atom is 0.192 e. The molecule has 0 aliphatic heterocycles. The lowest BCUT2D eigenvalue weighted by Gasteiger charge is -2.26. The number of allylic oxidation sites excluding steroid dienone is 1. The van der Waals surface area contributed by atoms with Crippen molar-refractivity contribution in [3.05, 3.63) is 12.2 Å². The van der Waals surface area contributed by atoms with Gasteiger partial charge in [-0.1, -0.05) is 37.8 Å². The first-order chi connectivity index (χ1) is 8.15. The Kier molecular flexibility index (Phi) is 4.72. The molecule has 0 aromatic heterocycles. The number of carbonyl (C=O) groups is 1. The van der Waals surface area contributed by atoms with Gasteiger partial charge in [0.25, 0.3) is 0 Å². The van der Waals surface area contributed by atoms with Crippen molar-refractivity contribution in [2.45, 2.75) is 57.6 Å². The summed E-state index contributed by atoms with van der Waals surface area (Å²) in [5.74, 6) is 1.89. The molecule has 17 heavy (non-hydrogen) atoms. The molecule has 0 spiro atoms. The third-order valence-electron chi connectivity index (χ3n) is 4.18. The second kappa shape index (κ2) is 6.08. The number of rotatable bonds is 2. The fourth-order valence-corrected chi connectivity index (χ4v) is 3.92. The molecule has 0 bridgehead atoms. The molecule has 1 fully saturated rings. The van der Waals surface area contributed by atoms with Crippen molar-refractivity contribution >= 4 is 16.9 Å². The van der Waals surface area contributed by atoms with Crippen molar-refractivity contribution in [1.29, 1.82) is 0 Å². The molecule has 2 heteroatoms. The highest BCUT2D eigenvalue weighted by Crippen LogP contribution is 2.35. The van der Waals surface area contributed by atoms with Gasteiger partial charge in [0.1, 0.15) is 0 Å². The summed E-state index contributed by atoms with van der Waals surface area (Å²) >= 11 is 1.60. The third-order valence-corrected chi connectivity index (χ3v) is 5.44. The van der Waals surface area contributed by atoms with E-state index in [2.05, 4.69) is 26.0 Å². The summed E-state index contributed by atoms with van der Waals surface area (Å²) in [6.45, 7) is 4.56. The standard InChI is InChI=1S/C15H24OS/c1-11-3-7-13(8-4-11)15(16)17-14-9-5-12(2)6-10-14/h5,9,11-14H,3-4,6-8,10H2,1-2H3. The highest BCUT2D eigenvalue weighted by atomic mass is 32.2. The molecule has 2 atom stereocenters. The van der Waals surface area contributed by atoms with Gasteiger partial charge in [-0.2, -0.15) is 0 Å². The average Bonchev–Trinajstić information content (AvgIpc) is 2.33. The number of hydrogen-bond acceptors (Lipinski definition) is 2. The van der Waals surface area contributed by atoms with Crippen LogP contribution in [0.1, 0.15) is 52.4 Å². The molecular weight excluding hydrogens is 228 g/mol. The highest BCUT2D eigenvalue weighted by Gasteiger charge is 2.26. The van der Waals surface area contributed by atoms with Gasteiger partial charge >= 0.3 is 0 Å². The molecular formula is C15H24OS. The van der Waals surface area contributed by atoms with Crippen molar-refractivity contribution < 1.29 is 4.79 Å². The van der Waals surface area contributed by atoms with Crippen molar-refractivity contribution in [2.75, 3.05) is 0 Å². The Labute approximate surface area is 109 Å². The monoisotopic (exact) mass is 252 g/mol. The first-order valence-corrected chi connectivity index (χ1v) is 7.92. The Morgan fingerprint density at radius 2 is 1.71 bits per heavy atom. The zero-order valence-corrected chi connectivity index (χ0v) is 11.8. The first kappa shape index (κ1) is 13.2. The van der Waals surface area contributed by atoms with E-state index in [0.717, 1.165) is 18.8 Å². The molecule has 2 rings (SSSR count). The highest BCUT2D eigenvalue weighted by molar-refractivity contribution is 8.14. The average molecular weight is 252 g/mol. The second-order valence-electron chi connectivity index (χ2n) is 5.87. The molecule has 0 radical (unpaired) electrons. The van der Waals surface area contributed by atoms with Crippen molar-refractivity contribution in [3.8, 4) is 0 Å². The Bertz CT molecular complexity index is 289. The van der Waals surface area contributed by atoms with Crippen LogP contribution in [0.3, 0.4) is 0 Å². The van der Waals surface area contributed by atoms with Crippen molar-refractivity contribution in [3.63, 3.8) is 0 Å². The van der Waals surface area contributed by atoms with E-state index in [0.29, 0.717) is 22.2 Å². The summed E-state index contributed by atoms with van der Waals surface area (Å²) in [4.78, 5) is 12.2. The summed E-state index contributed by atoms with van der Waals surface area (Å²) in [6, 6.07) is 0. The summed E-state index contributed by atoms with van der Waals surface area (Å²) in [5, 5.41) is 0.916. The molecule has 96 valence electrons. The van der Waals surface area contributed by atoms with Gasteiger partial charge < -0.3 is 0 Å². The summed E-state index contributed by atoms with van der Waals surface area (Å²) in [5.41, 5.74) is 0.